The number of hydrogen-bond acceptors (Lipinski definition) is 5. The molecule has 1 aliphatic heterocycles. The van der Waals surface area contributed by atoms with Gasteiger partial charge in [-0.3, -0.25) is 4.79 Å². The molecule has 1 aliphatic rings. The van der Waals surface area contributed by atoms with Crippen LogP contribution in [-0.2, 0) is 0 Å². The van der Waals surface area contributed by atoms with E-state index in [1.165, 1.54) is 12.5 Å². The minimum Gasteiger partial charge on any atom is -0.472 e. The molecule has 3 aromatic rings. The molecule has 170 valence electrons. The molecule has 0 saturated carbocycles. The minimum atomic E-state index is -0.0159. The van der Waals surface area contributed by atoms with Crippen molar-refractivity contribution in [1.29, 1.82) is 5.26 Å². The van der Waals surface area contributed by atoms with Crippen LogP contribution >= 0.6 is 0 Å². The zero-order chi connectivity index (χ0) is 23.5. The maximum atomic E-state index is 13.1. The molecule has 1 amide bonds. The number of furan rings is 1. The number of carbonyl (C=O) groups excluding carboxylic acids is 1. The first-order valence-electron chi connectivity index (χ1n) is 11.5. The third kappa shape index (κ3) is 4.49. The summed E-state index contributed by atoms with van der Waals surface area (Å²) in [6, 6.07) is 16.2. The van der Waals surface area contributed by atoms with Gasteiger partial charge in [0.2, 0.25) is 0 Å². The lowest BCUT2D eigenvalue weighted by atomic mass is 9.95. The number of nitrogens with zero attached hydrogens (tertiary/aromatic N) is 4. The summed E-state index contributed by atoms with van der Waals surface area (Å²) in [5.74, 6) is 1.15. The van der Waals surface area contributed by atoms with Crippen LogP contribution in [0.4, 0.5) is 5.82 Å². The van der Waals surface area contributed by atoms with Crippen LogP contribution < -0.4 is 4.90 Å². The number of amides is 1. The highest BCUT2D eigenvalue weighted by molar-refractivity contribution is 5.94. The van der Waals surface area contributed by atoms with Crippen molar-refractivity contribution in [3.63, 3.8) is 0 Å². The summed E-state index contributed by atoms with van der Waals surface area (Å²) in [5.41, 5.74) is 4.18. The standard InChI is InChI=1S/C27H30N4O2/c1-18(2)24-16-30(11-12-31(24)27(32)21-10-13-33-17-21)26-22(15-28)14-23(25(29-26)19(3)4)20-8-6-5-7-9-20/h5-10,13-14,17-19,24H,11-12,16H2,1-4H3/t24-/m0/s1. The molecular weight excluding hydrogens is 412 g/mol. The maximum absolute atomic E-state index is 13.1. The van der Waals surface area contributed by atoms with Crippen molar-refractivity contribution >= 4 is 11.7 Å². The average Bonchev–Trinajstić information content (AvgIpc) is 3.38. The molecule has 6 nitrogen and oxygen atoms in total. The molecule has 6 heteroatoms. The minimum absolute atomic E-state index is 0.00536. The summed E-state index contributed by atoms with van der Waals surface area (Å²) in [5, 5.41) is 10.00. The van der Waals surface area contributed by atoms with Crippen LogP contribution in [0.3, 0.4) is 0 Å². The van der Waals surface area contributed by atoms with Crippen molar-refractivity contribution in [3.05, 3.63) is 71.8 Å². The van der Waals surface area contributed by atoms with Crippen LogP contribution in [0.2, 0.25) is 0 Å². The van der Waals surface area contributed by atoms with E-state index in [4.69, 9.17) is 9.40 Å². The fourth-order valence-electron chi connectivity index (χ4n) is 4.51. The number of pyridine rings is 1. The summed E-state index contributed by atoms with van der Waals surface area (Å²) < 4.78 is 5.12. The fourth-order valence-corrected chi connectivity index (χ4v) is 4.51. The van der Waals surface area contributed by atoms with E-state index >= 15 is 0 Å². The Hall–Kier alpha value is -3.59. The molecule has 0 aliphatic carbocycles. The molecule has 1 fully saturated rings. The SMILES string of the molecule is CC(C)c1nc(N2CCN(C(=O)c3ccoc3)[C@H](C(C)C)C2)c(C#N)cc1-c1ccccc1. The first-order valence-corrected chi connectivity index (χ1v) is 11.5. The number of hydrogen-bond donors (Lipinski definition) is 0. The van der Waals surface area contributed by atoms with Gasteiger partial charge >= 0.3 is 0 Å². The Kier molecular flexibility index (Phi) is 6.50. The van der Waals surface area contributed by atoms with Crippen LogP contribution in [-0.4, -0.2) is 41.5 Å². The van der Waals surface area contributed by atoms with Crippen LogP contribution in [0.1, 0.15) is 55.2 Å². The molecule has 33 heavy (non-hydrogen) atoms. The van der Waals surface area contributed by atoms with E-state index in [1.54, 1.807) is 6.07 Å². The molecule has 1 atom stereocenters. The smallest absolute Gasteiger partial charge is 0.257 e. The second kappa shape index (κ2) is 9.50. The van der Waals surface area contributed by atoms with Crippen molar-refractivity contribution in [2.75, 3.05) is 24.5 Å². The predicted octanol–water partition coefficient (Wildman–Crippen LogP) is 5.32. The Morgan fingerprint density at radius 3 is 2.52 bits per heavy atom. The van der Waals surface area contributed by atoms with Crippen molar-refractivity contribution in [3.8, 4) is 17.2 Å². The summed E-state index contributed by atoms with van der Waals surface area (Å²) >= 11 is 0. The summed E-state index contributed by atoms with van der Waals surface area (Å²) in [6.07, 6.45) is 3.03. The lowest BCUT2D eigenvalue weighted by molar-refractivity contribution is 0.0598. The molecule has 0 spiro atoms. The van der Waals surface area contributed by atoms with Gasteiger partial charge in [-0.2, -0.15) is 5.26 Å². The van der Waals surface area contributed by atoms with E-state index in [1.807, 2.05) is 29.2 Å². The van der Waals surface area contributed by atoms with E-state index in [9.17, 15) is 10.1 Å². The second-order valence-electron chi connectivity index (χ2n) is 9.19. The third-order valence-corrected chi connectivity index (χ3v) is 6.30. The molecule has 3 heterocycles. The Labute approximate surface area is 195 Å². The Bertz CT molecular complexity index is 1150. The monoisotopic (exact) mass is 442 g/mol. The number of benzene rings is 1. The summed E-state index contributed by atoms with van der Waals surface area (Å²) in [4.78, 5) is 22.2. The van der Waals surface area contributed by atoms with E-state index in [0.29, 0.717) is 36.6 Å². The average molecular weight is 443 g/mol. The maximum Gasteiger partial charge on any atom is 0.257 e. The van der Waals surface area contributed by atoms with Crippen molar-refractivity contribution < 1.29 is 9.21 Å². The van der Waals surface area contributed by atoms with Gasteiger partial charge in [-0.25, -0.2) is 4.98 Å². The van der Waals surface area contributed by atoms with Crippen molar-refractivity contribution in [2.24, 2.45) is 5.92 Å². The van der Waals surface area contributed by atoms with Gasteiger partial charge in [0.15, 0.2) is 0 Å². The van der Waals surface area contributed by atoms with Gasteiger partial charge < -0.3 is 14.2 Å². The van der Waals surface area contributed by atoms with Gasteiger partial charge in [-0.15, -0.1) is 0 Å². The van der Waals surface area contributed by atoms with Crippen LogP contribution in [0, 0.1) is 17.2 Å². The normalized spacial score (nSPS) is 16.3. The van der Waals surface area contributed by atoms with E-state index in [-0.39, 0.29) is 23.8 Å². The number of carbonyl (C=O) groups is 1. The fraction of sp³-hybridized carbons (Fsp3) is 0.370. The van der Waals surface area contributed by atoms with Gasteiger partial charge in [0.05, 0.1) is 29.1 Å². The number of nitriles is 1. The Balaban J connectivity index is 1.70. The number of rotatable bonds is 5. The molecular formula is C27H30N4O2. The highest BCUT2D eigenvalue weighted by Gasteiger charge is 2.35. The molecule has 0 bridgehead atoms. The quantitative estimate of drug-likeness (QED) is 0.534. The molecule has 0 radical (unpaired) electrons. The first-order chi connectivity index (χ1) is 15.9. The van der Waals surface area contributed by atoms with Crippen LogP contribution in [0.15, 0.2) is 59.4 Å². The molecule has 0 N–H and O–H groups in total. The van der Waals surface area contributed by atoms with Gasteiger partial charge in [-0.1, -0.05) is 58.0 Å². The number of aromatic nitrogens is 1. The van der Waals surface area contributed by atoms with Crippen molar-refractivity contribution in [2.45, 2.75) is 39.7 Å². The van der Waals surface area contributed by atoms with Gasteiger partial charge in [0, 0.05) is 25.2 Å². The molecule has 1 aromatic carbocycles. The highest BCUT2D eigenvalue weighted by Crippen LogP contribution is 2.34. The molecule has 2 aromatic heterocycles. The predicted molar refractivity (Wildman–Crippen MR) is 129 cm³/mol. The lowest BCUT2D eigenvalue weighted by Crippen LogP contribution is -2.57. The molecule has 1 saturated heterocycles. The zero-order valence-corrected chi connectivity index (χ0v) is 19.7. The third-order valence-electron chi connectivity index (χ3n) is 6.30. The molecule has 4 rings (SSSR count). The Morgan fingerprint density at radius 1 is 1.15 bits per heavy atom. The van der Waals surface area contributed by atoms with Gasteiger partial charge in [-0.05, 0) is 29.5 Å². The van der Waals surface area contributed by atoms with Crippen LogP contribution in [0.5, 0.6) is 0 Å². The highest BCUT2D eigenvalue weighted by atomic mass is 16.3. The second-order valence-corrected chi connectivity index (χ2v) is 9.19. The zero-order valence-electron chi connectivity index (χ0n) is 19.7. The summed E-state index contributed by atoms with van der Waals surface area (Å²) in [7, 11) is 0. The summed E-state index contributed by atoms with van der Waals surface area (Å²) in [6.45, 7) is 10.3. The van der Waals surface area contributed by atoms with E-state index in [0.717, 1.165) is 16.8 Å². The van der Waals surface area contributed by atoms with E-state index in [2.05, 4.69) is 50.8 Å². The number of piperazine rings is 1. The van der Waals surface area contributed by atoms with Crippen molar-refractivity contribution in [1.82, 2.24) is 9.88 Å². The largest absolute Gasteiger partial charge is 0.472 e. The van der Waals surface area contributed by atoms with Crippen LogP contribution in [0.25, 0.3) is 11.1 Å². The van der Waals surface area contributed by atoms with E-state index < -0.39 is 0 Å². The molecule has 0 unspecified atom stereocenters. The van der Waals surface area contributed by atoms with Gasteiger partial charge in [0.1, 0.15) is 18.2 Å². The lowest BCUT2D eigenvalue weighted by Gasteiger charge is -2.44. The van der Waals surface area contributed by atoms with Gasteiger partial charge in [0.25, 0.3) is 5.91 Å². The Morgan fingerprint density at radius 2 is 1.91 bits per heavy atom. The number of anilines is 1. The first kappa shape index (κ1) is 22.6. The topological polar surface area (TPSA) is 73.4 Å².